The number of aliphatic hydroxyl groups excluding tert-OH is 1. The van der Waals surface area contributed by atoms with Gasteiger partial charge in [-0.05, 0) is 11.4 Å². The van der Waals surface area contributed by atoms with Gasteiger partial charge >= 0.3 is 5.97 Å². The van der Waals surface area contributed by atoms with E-state index in [0.717, 1.165) is 0 Å². The van der Waals surface area contributed by atoms with Gasteiger partial charge in [0.15, 0.2) is 0 Å². The monoisotopic (exact) mass is 257 g/mol. The van der Waals surface area contributed by atoms with Crippen LogP contribution in [-0.4, -0.2) is 48.7 Å². The van der Waals surface area contributed by atoms with E-state index in [0.29, 0.717) is 4.88 Å². The van der Waals surface area contributed by atoms with E-state index in [1.807, 2.05) is 5.38 Å². The van der Waals surface area contributed by atoms with Crippen molar-refractivity contribution in [2.75, 3.05) is 26.8 Å². The van der Waals surface area contributed by atoms with E-state index < -0.39 is 0 Å². The number of carbonyl (C=O) groups excluding carboxylic acids is 2. The highest BCUT2D eigenvalue weighted by atomic mass is 32.1. The molecule has 6 heteroatoms. The molecule has 1 aromatic heterocycles. The van der Waals surface area contributed by atoms with Crippen LogP contribution in [0.3, 0.4) is 0 Å². The summed E-state index contributed by atoms with van der Waals surface area (Å²) in [4.78, 5) is 25.0. The third kappa shape index (κ3) is 4.16. The van der Waals surface area contributed by atoms with E-state index in [2.05, 4.69) is 4.74 Å². The van der Waals surface area contributed by atoms with E-state index in [1.54, 1.807) is 12.1 Å². The third-order valence-electron chi connectivity index (χ3n) is 2.20. The number of esters is 1. The molecule has 1 N–H and O–H groups in total. The summed E-state index contributed by atoms with van der Waals surface area (Å²) in [7, 11) is 1.31. The molecule has 94 valence electrons. The summed E-state index contributed by atoms with van der Waals surface area (Å²) < 4.78 is 4.51. The van der Waals surface area contributed by atoms with Crippen molar-refractivity contribution < 1.29 is 19.4 Å². The summed E-state index contributed by atoms with van der Waals surface area (Å²) in [6, 6.07) is 3.50. The molecule has 0 unspecified atom stereocenters. The van der Waals surface area contributed by atoms with Gasteiger partial charge in [-0.25, -0.2) is 0 Å². The molecule has 0 radical (unpaired) electrons. The van der Waals surface area contributed by atoms with Crippen molar-refractivity contribution >= 4 is 23.2 Å². The molecular weight excluding hydrogens is 242 g/mol. The first-order valence-electron chi connectivity index (χ1n) is 5.19. The first-order valence-corrected chi connectivity index (χ1v) is 6.07. The molecule has 0 saturated heterocycles. The SMILES string of the molecule is COC(=O)CCN(CCO)C(=O)c1cccs1. The zero-order valence-electron chi connectivity index (χ0n) is 9.59. The van der Waals surface area contributed by atoms with Crippen LogP contribution in [0.25, 0.3) is 0 Å². The molecule has 1 rings (SSSR count). The molecular formula is C11H15NO4S. The average molecular weight is 257 g/mol. The van der Waals surface area contributed by atoms with Crippen LogP contribution in [0.2, 0.25) is 0 Å². The van der Waals surface area contributed by atoms with Gasteiger partial charge in [0.25, 0.3) is 5.91 Å². The van der Waals surface area contributed by atoms with Crippen LogP contribution in [-0.2, 0) is 9.53 Å². The summed E-state index contributed by atoms with van der Waals surface area (Å²) in [5.74, 6) is -0.537. The second kappa shape index (κ2) is 7.03. The van der Waals surface area contributed by atoms with Crippen molar-refractivity contribution in [1.82, 2.24) is 4.90 Å². The molecule has 0 spiro atoms. The second-order valence-corrected chi connectivity index (χ2v) is 4.27. The Hall–Kier alpha value is -1.40. The first-order chi connectivity index (χ1) is 8.19. The lowest BCUT2D eigenvalue weighted by Gasteiger charge is -2.20. The maximum absolute atomic E-state index is 12.0. The Morgan fingerprint density at radius 1 is 1.47 bits per heavy atom. The Morgan fingerprint density at radius 2 is 2.24 bits per heavy atom. The van der Waals surface area contributed by atoms with Crippen LogP contribution < -0.4 is 0 Å². The molecule has 0 fully saturated rings. The largest absolute Gasteiger partial charge is 0.469 e. The van der Waals surface area contributed by atoms with Crippen LogP contribution >= 0.6 is 11.3 Å². The summed E-state index contributed by atoms with van der Waals surface area (Å²) in [5, 5.41) is 10.7. The highest BCUT2D eigenvalue weighted by molar-refractivity contribution is 7.12. The molecule has 0 aliphatic heterocycles. The Morgan fingerprint density at radius 3 is 2.76 bits per heavy atom. The number of ether oxygens (including phenoxy) is 1. The molecule has 0 aromatic carbocycles. The minimum atomic E-state index is -0.369. The normalized spacial score (nSPS) is 10.0. The van der Waals surface area contributed by atoms with Crippen LogP contribution in [0.5, 0.6) is 0 Å². The van der Waals surface area contributed by atoms with Crippen molar-refractivity contribution in [2.24, 2.45) is 0 Å². The van der Waals surface area contributed by atoms with Crippen LogP contribution in [0.15, 0.2) is 17.5 Å². The topological polar surface area (TPSA) is 66.8 Å². The number of hydrogen-bond donors (Lipinski definition) is 1. The lowest BCUT2D eigenvalue weighted by atomic mass is 10.3. The van der Waals surface area contributed by atoms with Crippen molar-refractivity contribution in [2.45, 2.75) is 6.42 Å². The van der Waals surface area contributed by atoms with Crippen LogP contribution in [0, 0.1) is 0 Å². The lowest BCUT2D eigenvalue weighted by Crippen LogP contribution is -2.35. The van der Waals surface area contributed by atoms with Gasteiger partial charge in [0.05, 0.1) is 25.0 Å². The van der Waals surface area contributed by atoms with E-state index >= 15 is 0 Å². The Bertz CT molecular complexity index is 364. The number of thiophene rings is 1. The molecule has 17 heavy (non-hydrogen) atoms. The average Bonchev–Trinajstić information content (AvgIpc) is 2.86. The van der Waals surface area contributed by atoms with Gasteiger partial charge in [-0.1, -0.05) is 6.07 Å². The number of rotatable bonds is 6. The van der Waals surface area contributed by atoms with Crippen molar-refractivity contribution in [3.05, 3.63) is 22.4 Å². The van der Waals surface area contributed by atoms with Crippen molar-refractivity contribution in [3.8, 4) is 0 Å². The van der Waals surface area contributed by atoms with Crippen LogP contribution in [0.1, 0.15) is 16.1 Å². The quantitative estimate of drug-likeness (QED) is 0.763. The highest BCUT2D eigenvalue weighted by Crippen LogP contribution is 2.12. The second-order valence-electron chi connectivity index (χ2n) is 3.32. The number of aliphatic hydroxyl groups is 1. The molecule has 1 heterocycles. The Labute approximate surface area is 104 Å². The van der Waals surface area contributed by atoms with Gasteiger partial charge in [-0.3, -0.25) is 9.59 Å². The molecule has 1 amide bonds. The zero-order chi connectivity index (χ0) is 12.7. The van der Waals surface area contributed by atoms with Gasteiger partial charge in [0, 0.05) is 13.1 Å². The van der Waals surface area contributed by atoms with E-state index in [9.17, 15) is 9.59 Å². The number of amides is 1. The highest BCUT2D eigenvalue weighted by Gasteiger charge is 2.17. The Balaban J connectivity index is 2.59. The van der Waals surface area contributed by atoms with Gasteiger partial charge in [-0.15, -0.1) is 11.3 Å². The first kappa shape index (κ1) is 13.7. The fourth-order valence-corrected chi connectivity index (χ4v) is 2.01. The third-order valence-corrected chi connectivity index (χ3v) is 3.06. The van der Waals surface area contributed by atoms with Gasteiger partial charge < -0.3 is 14.7 Å². The predicted molar refractivity (Wildman–Crippen MR) is 63.9 cm³/mol. The maximum Gasteiger partial charge on any atom is 0.307 e. The molecule has 0 bridgehead atoms. The minimum absolute atomic E-state index is 0.127. The molecule has 0 saturated carbocycles. The fourth-order valence-electron chi connectivity index (χ4n) is 1.32. The summed E-state index contributed by atoms with van der Waals surface area (Å²) in [6.45, 7) is 0.343. The number of hydrogen-bond acceptors (Lipinski definition) is 5. The van der Waals surface area contributed by atoms with E-state index in [1.165, 1.54) is 23.3 Å². The smallest absolute Gasteiger partial charge is 0.307 e. The van der Waals surface area contributed by atoms with E-state index in [-0.39, 0.29) is 38.0 Å². The number of methoxy groups -OCH3 is 1. The van der Waals surface area contributed by atoms with Crippen LogP contribution in [0.4, 0.5) is 0 Å². The summed E-state index contributed by atoms with van der Waals surface area (Å²) >= 11 is 1.34. The Kier molecular flexibility index (Phi) is 5.65. The fraction of sp³-hybridized carbons (Fsp3) is 0.455. The molecule has 0 atom stereocenters. The van der Waals surface area contributed by atoms with E-state index in [4.69, 9.17) is 5.11 Å². The molecule has 1 aromatic rings. The van der Waals surface area contributed by atoms with Gasteiger partial charge in [0.2, 0.25) is 0 Å². The summed E-state index contributed by atoms with van der Waals surface area (Å²) in [6.07, 6.45) is 0.133. The van der Waals surface area contributed by atoms with Gasteiger partial charge in [0.1, 0.15) is 0 Å². The molecule has 5 nitrogen and oxygen atoms in total. The predicted octanol–water partition coefficient (Wildman–Crippen LogP) is 0.746. The lowest BCUT2D eigenvalue weighted by molar-refractivity contribution is -0.140. The maximum atomic E-state index is 12.0. The zero-order valence-corrected chi connectivity index (χ0v) is 10.4. The number of carbonyl (C=O) groups is 2. The minimum Gasteiger partial charge on any atom is -0.469 e. The molecule has 0 aliphatic rings. The standard InChI is InChI=1S/C11H15NO4S/c1-16-10(14)4-5-12(6-7-13)11(15)9-3-2-8-17-9/h2-3,8,13H,4-7H2,1H3. The van der Waals surface area contributed by atoms with Crippen molar-refractivity contribution in [1.29, 1.82) is 0 Å². The van der Waals surface area contributed by atoms with Crippen molar-refractivity contribution in [3.63, 3.8) is 0 Å². The summed E-state index contributed by atoms with van der Waals surface area (Å²) in [5.41, 5.74) is 0. The number of nitrogens with zero attached hydrogens (tertiary/aromatic N) is 1. The van der Waals surface area contributed by atoms with Gasteiger partial charge in [-0.2, -0.15) is 0 Å². The molecule has 0 aliphatic carbocycles.